The lowest BCUT2D eigenvalue weighted by Gasteiger charge is -2.09. The topological polar surface area (TPSA) is 63.8 Å². The molecule has 0 aliphatic carbocycles. The van der Waals surface area contributed by atoms with Gasteiger partial charge in [-0.15, -0.1) is 0 Å². The maximum Gasteiger partial charge on any atom is 0.389 e. The molecular weight excluding hydrogens is 407 g/mol. The van der Waals surface area contributed by atoms with Crippen LogP contribution >= 0.6 is 0 Å². The SMILES string of the molecule is O=C1C=CN=C(c2ccn3c(-c4cccc(CC(=O)CCC(F)(F)F)c4)cnc3c2)C1. The first-order valence-corrected chi connectivity index (χ1v) is 9.70. The van der Waals surface area contributed by atoms with E-state index in [-0.39, 0.29) is 18.6 Å². The van der Waals surface area contributed by atoms with Crippen molar-refractivity contribution in [1.82, 2.24) is 9.38 Å². The third-order valence-electron chi connectivity index (χ3n) is 4.99. The van der Waals surface area contributed by atoms with E-state index < -0.39 is 24.8 Å². The van der Waals surface area contributed by atoms with E-state index in [4.69, 9.17) is 0 Å². The zero-order valence-electron chi connectivity index (χ0n) is 16.4. The van der Waals surface area contributed by atoms with Crippen LogP contribution in [0.1, 0.15) is 30.4 Å². The van der Waals surface area contributed by atoms with Gasteiger partial charge in [0.2, 0.25) is 0 Å². The zero-order chi connectivity index (χ0) is 22.0. The van der Waals surface area contributed by atoms with Crippen molar-refractivity contribution in [2.24, 2.45) is 4.99 Å². The number of halogens is 3. The number of hydrogen-bond donors (Lipinski definition) is 0. The first-order chi connectivity index (χ1) is 14.8. The average molecular weight is 425 g/mol. The number of alkyl halides is 3. The van der Waals surface area contributed by atoms with Gasteiger partial charge in [-0.2, -0.15) is 13.2 Å². The van der Waals surface area contributed by atoms with Crippen molar-refractivity contribution >= 4 is 22.9 Å². The highest BCUT2D eigenvalue weighted by Gasteiger charge is 2.27. The molecule has 0 unspecified atom stereocenters. The molecule has 0 bridgehead atoms. The zero-order valence-corrected chi connectivity index (χ0v) is 16.4. The van der Waals surface area contributed by atoms with E-state index >= 15 is 0 Å². The third kappa shape index (κ3) is 4.96. The van der Waals surface area contributed by atoms with Gasteiger partial charge in [0.05, 0.1) is 30.4 Å². The highest BCUT2D eigenvalue weighted by molar-refractivity contribution is 6.15. The van der Waals surface area contributed by atoms with E-state index in [2.05, 4.69) is 9.98 Å². The Morgan fingerprint density at radius 3 is 2.74 bits per heavy atom. The molecule has 0 spiro atoms. The molecule has 0 radical (unpaired) electrons. The van der Waals surface area contributed by atoms with Crippen molar-refractivity contribution in [2.75, 3.05) is 0 Å². The summed E-state index contributed by atoms with van der Waals surface area (Å²) in [7, 11) is 0. The van der Waals surface area contributed by atoms with Crippen molar-refractivity contribution in [3.8, 4) is 11.3 Å². The molecule has 0 saturated heterocycles. The normalized spacial score (nSPS) is 14.2. The molecule has 0 fully saturated rings. The number of allylic oxidation sites excluding steroid dienone is 1. The second-order valence-corrected chi connectivity index (χ2v) is 7.35. The lowest BCUT2D eigenvalue weighted by atomic mass is 10.0. The summed E-state index contributed by atoms with van der Waals surface area (Å²) in [4.78, 5) is 32.2. The third-order valence-corrected chi connectivity index (χ3v) is 4.99. The van der Waals surface area contributed by atoms with Crippen molar-refractivity contribution in [3.63, 3.8) is 0 Å². The van der Waals surface area contributed by atoms with E-state index in [0.29, 0.717) is 16.9 Å². The largest absolute Gasteiger partial charge is 0.389 e. The van der Waals surface area contributed by atoms with Gasteiger partial charge in [0.25, 0.3) is 0 Å². The minimum atomic E-state index is -4.33. The van der Waals surface area contributed by atoms with Gasteiger partial charge in [0.15, 0.2) is 5.78 Å². The number of carbonyl (C=O) groups is 2. The molecule has 158 valence electrons. The number of nitrogens with zero attached hydrogens (tertiary/aromatic N) is 3. The van der Waals surface area contributed by atoms with E-state index in [9.17, 15) is 22.8 Å². The molecule has 1 aliphatic rings. The van der Waals surface area contributed by atoms with Gasteiger partial charge in [-0.25, -0.2) is 4.98 Å². The molecule has 0 atom stereocenters. The Bertz CT molecular complexity index is 1220. The first kappa shape index (κ1) is 20.7. The maximum absolute atomic E-state index is 12.3. The molecule has 31 heavy (non-hydrogen) atoms. The number of imidazole rings is 1. The molecule has 0 amide bonds. The van der Waals surface area contributed by atoms with Gasteiger partial charge >= 0.3 is 6.18 Å². The number of carbonyl (C=O) groups excluding carboxylic acids is 2. The summed E-state index contributed by atoms with van der Waals surface area (Å²) in [5.74, 6) is -0.454. The van der Waals surface area contributed by atoms with Gasteiger partial charge in [-0.1, -0.05) is 18.2 Å². The number of pyridine rings is 1. The lowest BCUT2D eigenvalue weighted by molar-refractivity contribution is -0.143. The highest BCUT2D eigenvalue weighted by atomic mass is 19.4. The molecule has 2 aromatic heterocycles. The van der Waals surface area contributed by atoms with Gasteiger partial charge in [-0.3, -0.25) is 19.0 Å². The molecule has 1 aliphatic heterocycles. The van der Waals surface area contributed by atoms with E-state index in [0.717, 1.165) is 16.8 Å². The van der Waals surface area contributed by atoms with Crippen molar-refractivity contribution in [1.29, 1.82) is 0 Å². The molecule has 3 aromatic rings. The monoisotopic (exact) mass is 425 g/mol. The second kappa shape index (κ2) is 8.29. The summed E-state index contributed by atoms with van der Waals surface area (Å²) in [5.41, 5.74) is 4.40. The minimum absolute atomic E-state index is 0.00417. The Labute approximate surface area is 175 Å². The minimum Gasteiger partial charge on any atom is -0.300 e. The smallest absolute Gasteiger partial charge is 0.300 e. The number of benzene rings is 1. The highest BCUT2D eigenvalue weighted by Crippen LogP contribution is 2.25. The maximum atomic E-state index is 12.3. The summed E-state index contributed by atoms with van der Waals surface area (Å²) in [5, 5.41) is 0. The second-order valence-electron chi connectivity index (χ2n) is 7.35. The Balaban J connectivity index is 1.56. The molecule has 0 saturated carbocycles. The molecule has 8 heteroatoms. The van der Waals surface area contributed by atoms with Crippen LogP contribution in [0.3, 0.4) is 0 Å². The fraction of sp³-hybridized carbons (Fsp3) is 0.217. The predicted octanol–water partition coefficient (Wildman–Crippen LogP) is 4.73. The number of Topliss-reactive ketones (excluding diaryl/α,β-unsaturated/α-hetero) is 1. The Kier molecular flexibility index (Phi) is 5.54. The quantitative estimate of drug-likeness (QED) is 0.574. The van der Waals surface area contributed by atoms with E-state index in [1.54, 1.807) is 24.4 Å². The summed E-state index contributed by atoms with van der Waals surface area (Å²) in [6.07, 6.45) is 0.690. The van der Waals surface area contributed by atoms with Crippen molar-refractivity contribution in [3.05, 3.63) is 72.2 Å². The van der Waals surface area contributed by atoms with Crippen molar-refractivity contribution in [2.45, 2.75) is 31.9 Å². The Hall–Kier alpha value is -3.55. The molecule has 5 nitrogen and oxygen atoms in total. The Morgan fingerprint density at radius 1 is 1.13 bits per heavy atom. The molecule has 1 aromatic carbocycles. The van der Waals surface area contributed by atoms with Gasteiger partial charge in [0, 0.05) is 36.4 Å². The number of rotatable bonds is 6. The number of aromatic nitrogens is 2. The van der Waals surface area contributed by atoms with Crippen LogP contribution in [0.2, 0.25) is 0 Å². The number of aliphatic imine (C=N–C) groups is 1. The Morgan fingerprint density at radius 2 is 1.97 bits per heavy atom. The van der Waals surface area contributed by atoms with Gasteiger partial charge < -0.3 is 0 Å². The van der Waals surface area contributed by atoms with Crippen LogP contribution in [-0.4, -0.2) is 32.8 Å². The van der Waals surface area contributed by atoms with Crippen LogP contribution in [0.15, 0.2) is 66.1 Å². The van der Waals surface area contributed by atoms with E-state index in [1.807, 2.05) is 28.8 Å². The first-order valence-electron chi connectivity index (χ1n) is 9.70. The number of ketones is 2. The van der Waals surface area contributed by atoms with Crippen LogP contribution in [-0.2, 0) is 16.0 Å². The molecule has 0 N–H and O–H groups in total. The van der Waals surface area contributed by atoms with Gasteiger partial charge in [0.1, 0.15) is 11.4 Å². The standard InChI is InChI=1S/C23H18F3N3O2/c24-23(25,26)7-4-18(30)11-15-2-1-3-17(10-15)21-14-28-22-12-16(6-9-29(21)22)20-13-19(31)5-8-27-20/h1-3,5-6,8-10,12,14H,4,7,11,13H2. The summed E-state index contributed by atoms with van der Waals surface area (Å²) >= 11 is 0. The fourth-order valence-electron chi connectivity index (χ4n) is 3.47. The average Bonchev–Trinajstić information content (AvgIpc) is 3.15. The molecular formula is C23H18F3N3O2. The summed E-state index contributed by atoms with van der Waals surface area (Å²) in [6, 6.07) is 10.8. The van der Waals surface area contributed by atoms with Crippen LogP contribution in [0.4, 0.5) is 13.2 Å². The molecule has 3 heterocycles. The summed E-state index contributed by atoms with van der Waals surface area (Å²) in [6.45, 7) is 0. The van der Waals surface area contributed by atoms with Crippen LogP contribution in [0.25, 0.3) is 16.9 Å². The fourth-order valence-corrected chi connectivity index (χ4v) is 3.47. The summed E-state index contributed by atoms with van der Waals surface area (Å²) < 4.78 is 38.9. The van der Waals surface area contributed by atoms with E-state index in [1.165, 1.54) is 12.3 Å². The molecule has 4 rings (SSSR count). The number of hydrogen-bond acceptors (Lipinski definition) is 4. The lowest BCUT2D eigenvalue weighted by Crippen LogP contribution is -2.12. The predicted molar refractivity (Wildman–Crippen MR) is 110 cm³/mol. The van der Waals surface area contributed by atoms with Crippen LogP contribution in [0.5, 0.6) is 0 Å². The van der Waals surface area contributed by atoms with Crippen LogP contribution < -0.4 is 0 Å². The van der Waals surface area contributed by atoms with Crippen molar-refractivity contribution < 1.29 is 22.8 Å². The van der Waals surface area contributed by atoms with Gasteiger partial charge in [-0.05, 0) is 29.8 Å². The number of fused-ring (bicyclic) bond motifs is 1. The van der Waals surface area contributed by atoms with Crippen LogP contribution in [0, 0.1) is 0 Å².